The quantitative estimate of drug-likeness (QED) is 0.910. The highest BCUT2D eigenvalue weighted by molar-refractivity contribution is 6.07. The predicted octanol–water partition coefficient (Wildman–Crippen LogP) is 2.93. The predicted molar refractivity (Wildman–Crippen MR) is 79.7 cm³/mol. The molecule has 0 bridgehead atoms. The zero-order valence-electron chi connectivity index (χ0n) is 11.5. The minimum atomic E-state index is -0.511. The molecule has 0 unspecified atom stereocenters. The molecule has 2 aromatic carbocycles. The van der Waals surface area contributed by atoms with Gasteiger partial charge < -0.3 is 10.6 Å². The molecule has 0 aromatic heterocycles. The van der Waals surface area contributed by atoms with Gasteiger partial charge in [0.25, 0.3) is 5.91 Å². The van der Waals surface area contributed by atoms with Crippen molar-refractivity contribution in [1.29, 1.82) is 5.26 Å². The molecular formula is C16H12FN3O2. The lowest BCUT2D eigenvalue weighted by molar-refractivity contribution is -0.115. The van der Waals surface area contributed by atoms with Crippen molar-refractivity contribution < 1.29 is 14.0 Å². The van der Waals surface area contributed by atoms with Crippen LogP contribution in [0.4, 0.5) is 15.8 Å². The first-order valence-corrected chi connectivity index (χ1v) is 6.43. The van der Waals surface area contributed by atoms with E-state index < -0.39 is 17.6 Å². The fourth-order valence-electron chi connectivity index (χ4n) is 1.79. The summed E-state index contributed by atoms with van der Waals surface area (Å²) >= 11 is 0. The van der Waals surface area contributed by atoms with Crippen molar-refractivity contribution in [2.75, 3.05) is 10.6 Å². The maximum atomic E-state index is 13.1. The third-order valence-corrected chi connectivity index (χ3v) is 2.78. The van der Waals surface area contributed by atoms with Crippen molar-refractivity contribution in [3.05, 3.63) is 59.9 Å². The summed E-state index contributed by atoms with van der Waals surface area (Å²) in [6, 6.07) is 13.6. The van der Waals surface area contributed by atoms with Crippen LogP contribution in [-0.4, -0.2) is 11.8 Å². The topological polar surface area (TPSA) is 82.0 Å². The second kappa shape index (κ2) is 6.99. The van der Waals surface area contributed by atoms with Crippen LogP contribution in [0, 0.1) is 17.1 Å². The van der Waals surface area contributed by atoms with E-state index >= 15 is 0 Å². The lowest BCUT2D eigenvalue weighted by atomic mass is 10.2. The van der Waals surface area contributed by atoms with Crippen molar-refractivity contribution in [3.8, 4) is 6.07 Å². The smallest absolute Gasteiger partial charge is 0.255 e. The fourth-order valence-corrected chi connectivity index (χ4v) is 1.79. The van der Waals surface area contributed by atoms with E-state index in [2.05, 4.69) is 10.6 Å². The summed E-state index contributed by atoms with van der Waals surface area (Å²) in [5, 5.41) is 13.6. The molecule has 0 saturated heterocycles. The molecular weight excluding hydrogens is 285 g/mol. The Morgan fingerprint density at radius 3 is 2.36 bits per heavy atom. The molecule has 110 valence electrons. The van der Waals surface area contributed by atoms with Crippen LogP contribution in [0.1, 0.15) is 16.8 Å². The van der Waals surface area contributed by atoms with E-state index in [1.54, 1.807) is 30.3 Å². The highest BCUT2D eigenvalue weighted by Gasteiger charge is 2.11. The van der Waals surface area contributed by atoms with Gasteiger partial charge in [0.1, 0.15) is 12.2 Å². The number of halogens is 1. The molecule has 22 heavy (non-hydrogen) atoms. The third-order valence-electron chi connectivity index (χ3n) is 2.78. The van der Waals surface area contributed by atoms with Gasteiger partial charge in [-0.15, -0.1) is 0 Å². The first-order chi connectivity index (χ1) is 10.6. The molecule has 2 N–H and O–H groups in total. The van der Waals surface area contributed by atoms with Crippen LogP contribution >= 0.6 is 0 Å². The first-order valence-electron chi connectivity index (χ1n) is 6.43. The molecule has 2 aromatic rings. The lowest BCUT2D eigenvalue weighted by Gasteiger charge is -2.11. The van der Waals surface area contributed by atoms with Crippen LogP contribution in [0.25, 0.3) is 0 Å². The molecule has 0 aliphatic heterocycles. The highest BCUT2D eigenvalue weighted by atomic mass is 19.1. The van der Waals surface area contributed by atoms with Gasteiger partial charge in [-0.3, -0.25) is 9.59 Å². The Morgan fingerprint density at radius 2 is 1.73 bits per heavy atom. The molecule has 0 aliphatic carbocycles. The first kappa shape index (κ1) is 15.2. The summed E-state index contributed by atoms with van der Waals surface area (Å²) < 4.78 is 13.1. The zero-order chi connectivity index (χ0) is 15.9. The summed E-state index contributed by atoms with van der Waals surface area (Å²) in [6.45, 7) is 0. The highest BCUT2D eigenvalue weighted by Crippen LogP contribution is 2.22. The largest absolute Gasteiger partial charge is 0.323 e. The Kier molecular flexibility index (Phi) is 4.83. The van der Waals surface area contributed by atoms with Gasteiger partial charge in [0, 0.05) is 5.56 Å². The Morgan fingerprint density at radius 1 is 1.05 bits per heavy atom. The van der Waals surface area contributed by atoms with E-state index in [-0.39, 0.29) is 12.0 Å². The van der Waals surface area contributed by atoms with E-state index in [0.717, 1.165) is 6.07 Å². The number of hydrogen-bond donors (Lipinski definition) is 2. The van der Waals surface area contributed by atoms with E-state index in [0.29, 0.717) is 11.4 Å². The maximum Gasteiger partial charge on any atom is 0.255 e. The molecule has 0 fully saturated rings. The summed E-state index contributed by atoms with van der Waals surface area (Å²) in [7, 11) is 0. The zero-order valence-corrected chi connectivity index (χ0v) is 11.5. The van der Waals surface area contributed by atoms with Crippen LogP contribution in [0.2, 0.25) is 0 Å². The van der Waals surface area contributed by atoms with Crippen LogP contribution < -0.4 is 10.6 Å². The monoisotopic (exact) mass is 297 g/mol. The molecule has 0 radical (unpaired) electrons. The second-order valence-electron chi connectivity index (χ2n) is 4.39. The van der Waals surface area contributed by atoms with E-state index in [1.807, 2.05) is 0 Å². The summed E-state index contributed by atoms with van der Waals surface area (Å²) in [4.78, 5) is 23.6. The minimum Gasteiger partial charge on any atom is -0.323 e. The number of hydrogen-bond acceptors (Lipinski definition) is 3. The minimum absolute atomic E-state index is 0.165. The van der Waals surface area contributed by atoms with Gasteiger partial charge in [0.05, 0.1) is 17.4 Å². The number of carbonyl (C=O) groups is 2. The average Bonchev–Trinajstić information content (AvgIpc) is 2.49. The normalized spacial score (nSPS) is 9.64. The number of para-hydroxylation sites is 2. The van der Waals surface area contributed by atoms with Gasteiger partial charge in [-0.2, -0.15) is 5.26 Å². The van der Waals surface area contributed by atoms with Gasteiger partial charge in [-0.05, 0) is 30.3 Å². The molecule has 0 saturated carbocycles. The molecule has 6 heteroatoms. The molecule has 0 atom stereocenters. The fraction of sp³-hybridized carbons (Fsp3) is 0.0625. The Hall–Kier alpha value is -3.20. The van der Waals surface area contributed by atoms with E-state index in [1.165, 1.54) is 18.2 Å². The molecule has 0 spiro atoms. The number of nitriles is 1. The van der Waals surface area contributed by atoms with Crippen molar-refractivity contribution in [2.45, 2.75) is 6.42 Å². The number of nitrogens with zero attached hydrogens (tertiary/aromatic N) is 1. The molecule has 5 nitrogen and oxygen atoms in total. The van der Waals surface area contributed by atoms with Gasteiger partial charge in [0.15, 0.2) is 0 Å². The van der Waals surface area contributed by atoms with Gasteiger partial charge in [-0.1, -0.05) is 18.2 Å². The van der Waals surface area contributed by atoms with Gasteiger partial charge >= 0.3 is 0 Å². The SMILES string of the molecule is N#CCC(=O)Nc1ccccc1NC(=O)c1cccc(F)c1. The van der Waals surface area contributed by atoms with Crippen LogP contribution in [-0.2, 0) is 4.79 Å². The lowest BCUT2D eigenvalue weighted by Crippen LogP contribution is -2.16. The van der Waals surface area contributed by atoms with Crippen molar-refractivity contribution in [1.82, 2.24) is 0 Å². The van der Waals surface area contributed by atoms with E-state index in [4.69, 9.17) is 5.26 Å². The number of anilines is 2. The Balaban J connectivity index is 2.18. The third kappa shape index (κ3) is 3.90. The van der Waals surface area contributed by atoms with Crippen LogP contribution in [0.3, 0.4) is 0 Å². The van der Waals surface area contributed by atoms with Crippen molar-refractivity contribution in [2.24, 2.45) is 0 Å². The number of amides is 2. The molecule has 0 heterocycles. The molecule has 0 aliphatic rings. The van der Waals surface area contributed by atoms with Crippen LogP contribution in [0.5, 0.6) is 0 Å². The average molecular weight is 297 g/mol. The van der Waals surface area contributed by atoms with Crippen LogP contribution in [0.15, 0.2) is 48.5 Å². The van der Waals surface area contributed by atoms with Crippen molar-refractivity contribution in [3.63, 3.8) is 0 Å². The van der Waals surface area contributed by atoms with Gasteiger partial charge in [-0.25, -0.2) is 4.39 Å². The Bertz CT molecular complexity index is 753. The standard InChI is InChI=1S/C16H12FN3O2/c17-12-5-3-4-11(10-12)16(22)20-14-7-2-1-6-13(14)19-15(21)8-9-18/h1-7,10H,8H2,(H,19,21)(H,20,22). The maximum absolute atomic E-state index is 13.1. The second-order valence-corrected chi connectivity index (χ2v) is 4.39. The molecule has 2 amide bonds. The number of carbonyl (C=O) groups excluding carboxylic acids is 2. The summed E-state index contributed by atoms with van der Waals surface area (Å²) in [5.41, 5.74) is 0.897. The summed E-state index contributed by atoms with van der Waals surface area (Å²) in [5.74, 6) is -1.49. The Labute approximate surface area is 126 Å². The summed E-state index contributed by atoms with van der Waals surface area (Å²) in [6.07, 6.45) is -0.286. The van der Waals surface area contributed by atoms with Gasteiger partial charge in [0.2, 0.25) is 5.91 Å². The molecule has 2 rings (SSSR count). The number of benzene rings is 2. The van der Waals surface area contributed by atoms with E-state index in [9.17, 15) is 14.0 Å². The number of rotatable bonds is 4. The van der Waals surface area contributed by atoms with Crippen molar-refractivity contribution >= 4 is 23.2 Å². The number of nitrogens with one attached hydrogen (secondary N) is 2.